The minimum atomic E-state index is -3.90. The number of ether oxygens (including phenoxy) is 1. The van der Waals surface area contributed by atoms with Crippen molar-refractivity contribution in [3.8, 4) is 11.1 Å². The van der Waals surface area contributed by atoms with Crippen LogP contribution >= 0.6 is 0 Å². The molecule has 3 heterocycles. The van der Waals surface area contributed by atoms with Crippen molar-refractivity contribution < 1.29 is 17.5 Å². The van der Waals surface area contributed by atoms with Crippen LogP contribution in [0.2, 0.25) is 0 Å². The van der Waals surface area contributed by atoms with Gasteiger partial charge in [-0.2, -0.15) is 0 Å². The largest absolute Gasteiger partial charge is 0.457 e. The zero-order chi connectivity index (χ0) is 26.9. The van der Waals surface area contributed by atoms with Gasteiger partial charge in [0.1, 0.15) is 16.7 Å². The van der Waals surface area contributed by atoms with Gasteiger partial charge in [0.2, 0.25) is 16.0 Å². The molecule has 0 amide bonds. The van der Waals surface area contributed by atoms with Crippen molar-refractivity contribution >= 4 is 22.0 Å². The number of amidine groups is 1. The predicted octanol–water partition coefficient (Wildman–Crippen LogP) is 3.58. The third-order valence-electron chi connectivity index (χ3n) is 6.78. The minimum absolute atomic E-state index is 0.152. The topological polar surface area (TPSA) is 109 Å². The van der Waals surface area contributed by atoms with E-state index in [0.717, 1.165) is 37.3 Å². The molecule has 5 rings (SSSR count). The number of halogens is 1. The molecule has 0 aliphatic carbocycles. The molecular weight excluding hydrogens is 507 g/mol. The molecule has 2 fully saturated rings. The molecule has 2 saturated heterocycles. The van der Waals surface area contributed by atoms with Crippen LogP contribution in [0.5, 0.6) is 0 Å². The smallest absolute Gasteiger partial charge is 0.299 e. The average molecular weight is 539 g/mol. The fourth-order valence-corrected chi connectivity index (χ4v) is 6.69. The van der Waals surface area contributed by atoms with Crippen LogP contribution in [0.4, 0.5) is 10.3 Å². The number of piperazine rings is 1. The molecule has 11 heteroatoms. The third-order valence-corrected chi connectivity index (χ3v) is 8.70. The predicted molar refractivity (Wildman–Crippen MR) is 145 cm³/mol. The number of hydrogen-bond acceptors (Lipinski definition) is 8. The summed E-state index contributed by atoms with van der Waals surface area (Å²) in [4.78, 5) is 15.5. The first-order valence-electron chi connectivity index (χ1n) is 12.5. The van der Waals surface area contributed by atoms with E-state index in [1.165, 1.54) is 6.07 Å². The Balaban J connectivity index is 1.34. The van der Waals surface area contributed by atoms with E-state index >= 15 is 0 Å². The SMILES string of the molecule is CC(N=C1NS(=O)(=O)C(c2ccc(-c3cnc(N4CCNCC4)nc3)cc2)C(C)(C)O1)c1ccccc1F. The number of rotatable bonds is 5. The molecular formula is C27H31FN6O3S. The van der Waals surface area contributed by atoms with Crippen molar-refractivity contribution in [2.45, 2.75) is 37.7 Å². The second kappa shape index (κ2) is 10.3. The molecule has 9 nitrogen and oxygen atoms in total. The molecule has 0 radical (unpaired) electrons. The van der Waals surface area contributed by atoms with Crippen molar-refractivity contribution in [3.63, 3.8) is 0 Å². The first-order valence-corrected chi connectivity index (χ1v) is 14.1. The van der Waals surface area contributed by atoms with Crippen LogP contribution in [0, 0.1) is 5.82 Å². The summed E-state index contributed by atoms with van der Waals surface area (Å²) in [5, 5.41) is 2.32. The molecule has 0 bridgehead atoms. The molecule has 0 saturated carbocycles. The van der Waals surface area contributed by atoms with E-state index in [1.54, 1.807) is 63.5 Å². The van der Waals surface area contributed by atoms with Gasteiger partial charge in [-0.05, 0) is 38.0 Å². The Morgan fingerprint density at radius 2 is 1.71 bits per heavy atom. The summed E-state index contributed by atoms with van der Waals surface area (Å²) in [6.07, 6.45) is 3.57. The lowest BCUT2D eigenvalue weighted by Gasteiger charge is -2.39. The number of nitrogens with one attached hydrogen (secondary N) is 2. The average Bonchev–Trinajstić information content (AvgIpc) is 2.88. The Morgan fingerprint density at radius 3 is 2.34 bits per heavy atom. The van der Waals surface area contributed by atoms with E-state index in [4.69, 9.17) is 4.74 Å². The summed E-state index contributed by atoms with van der Waals surface area (Å²) in [5.41, 5.74) is 1.51. The highest BCUT2D eigenvalue weighted by Gasteiger charge is 2.48. The fraction of sp³-hybridized carbons (Fsp3) is 0.370. The molecule has 2 aromatic carbocycles. The summed E-state index contributed by atoms with van der Waals surface area (Å²) in [6, 6.07) is 12.7. The Labute approximate surface area is 222 Å². The van der Waals surface area contributed by atoms with Gasteiger partial charge in [-0.25, -0.2) is 32.5 Å². The highest BCUT2D eigenvalue weighted by molar-refractivity contribution is 7.90. The molecule has 2 atom stereocenters. The van der Waals surface area contributed by atoms with E-state index in [2.05, 4.69) is 29.9 Å². The first-order chi connectivity index (χ1) is 18.1. The maximum Gasteiger partial charge on any atom is 0.299 e. The summed E-state index contributed by atoms with van der Waals surface area (Å²) >= 11 is 0. The van der Waals surface area contributed by atoms with Gasteiger partial charge in [0.25, 0.3) is 6.02 Å². The van der Waals surface area contributed by atoms with E-state index in [9.17, 15) is 12.8 Å². The normalized spacial score (nSPS) is 22.4. The fourth-order valence-electron chi connectivity index (χ4n) is 4.92. The van der Waals surface area contributed by atoms with Crippen LogP contribution < -0.4 is 14.9 Å². The molecule has 2 aliphatic rings. The summed E-state index contributed by atoms with van der Waals surface area (Å²) in [7, 11) is -3.90. The van der Waals surface area contributed by atoms with E-state index in [0.29, 0.717) is 17.1 Å². The van der Waals surface area contributed by atoms with Gasteiger partial charge in [-0.1, -0.05) is 42.5 Å². The van der Waals surface area contributed by atoms with Gasteiger partial charge in [0.15, 0.2) is 0 Å². The lowest BCUT2D eigenvalue weighted by Crippen LogP contribution is -2.53. The van der Waals surface area contributed by atoms with Crippen molar-refractivity contribution in [2.75, 3.05) is 31.1 Å². The van der Waals surface area contributed by atoms with Crippen LogP contribution in [0.25, 0.3) is 11.1 Å². The Bertz CT molecular complexity index is 1420. The summed E-state index contributed by atoms with van der Waals surface area (Å²) in [5.74, 6) is 0.288. The number of anilines is 1. The molecule has 200 valence electrons. The lowest BCUT2D eigenvalue weighted by atomic mass is 9.96. The first kappa shape index (κ1) is 26.1. The number of aromatic nitrogens is 2. The van der Waals surface area contributed by atoms with Crippen molar-refractivity contribution in [1.82, 2.24) is 20.0 Å². The third kappa shape index (κ3) is 5.34. The molecule has 38 heavy (non-hydrogen) atoms. The van der Waals surface area contributed by atoms with Crippen LogP contribution in [0.15, 0.2) is 65.9 Å². The van der Waals surface area contributed by atoms with Gasteiger partial charge in [-0.3, -0.25) is 0 Å². The molecule has 3 aromatic rings. The van der Waals surface area contributed by atoms with Crippen molar-refractivity contribution in [2.24, 2.45) is 4.99 Å². The van der Waals surface area contributed by atoms with E-state index in [1.807, 2.05) is 12.1 Å². The van der Waals surface area contributed by atoms with E-state index in [-0.39, 0.29) is 6.02 Å². The van der Waals surface area contributed by atoms with Gasteiger partial charge in [0.05, 0.1) is 6.04 Å². The highest BCUT2D eigenvalue weighted by Crippen LogP contribution is 2.39. The van der Waals surface area contributed by atoms with Crippen molar-refractivity contribution in [3.05, 3.63) is 77.9 Å². The Kier molecular flexibility index (Phi) is 7.06. The van der Waals surface area contributed by atoms with Crippen LogP contribution in [-0.4, -0.2) is 56.2 Å². The monoisotopic (exact) mass is 538 g/mol. The lowest BCUT2D eigenvalue weighted by molar-refractivity contribution is 0.0761. The number of benzene rings is 2. The zero-order valence-electron chi connectivity index (χ0n) is 21.6. The molecule has 1 aromatic heterocycles. The molecule has 0 spiro atoms. The number of nitrogens with zero attached hydrogens (tertiary/aromatic N) is 4. The summed E-state index contributed by atoms with van der Waals surface area (Å²) < 4.78 is 49.4. The maximum absolute atomic E-state index is 14.2. The van der Waals surface area contributed by atoms with Gasteiger partial charge < -0.3 is 15.0 Å². The van der Waals surface area contributed by atoms with Gasteiger partial charge in [0, 0.05) is 49.7 Å². The second-order valence-electron chi connectivity index (χ2n) is 10.00. The quantitative estimate of drug-likeness (QED) is 0.511. The van der Waals surface area contributed by atoms with Crippen molar-refractivity contribution in [1.29, 1.82) is 0 Å². The van der Waals surface area contributed by atoms with Gasteiger partial charge in [-0.15, -0.1) is 0 Å². The maximum atomic E-state index is 14.2. The standard InChI is InChI=1S/C27H31FN6O3S/c1-18(22-6-4-5-7-23(22)28)32-26-33-38(35,36)24(27(2,3)37-26)20-10-8-19(9-11-20)21-16-30-25(31-17-21)34-14-12-29-13-15-34/h4-11,16-18,24,29H,12-15H2,1-3H3,(H,32,33). The van der Waals surface area contributed by atoms with E-state index < -0.39 is 32.7 Å². The van der Waals surface area contributed by atoms with Crippen LogP contribution in [0.3, 0.4) is 0 Å². The number of sulfonamides is 1. The second-order valence-corrected chi connectivity index (χ2v) is 11.8. The van der Waals surface area contributed by atoms with Gasteiger partial charge >= 0.3 is 0 Å². The minimum Gasteiger partial charge on any atom is -0.457 e. The zero-order valence-corrected chi connectivity index (χ0v) is 22.4. The Morgan fingerprint density at radius 1 is 1.05 bits per heavy atom. The number of aliphatic imine (C=N–C) groups is 1. The number of hydrogen-bond donors (Lipinski definition) is 2. The Hall–Kier alpha value is -3.57. The van der Waals surface area contributed by atoms with Crippen LogP contribution in [-0.2, 0) is 14.8 Å². The molecule has 2 N–H and O–H groups in total. The highest BCUT2D eigenvalue weighted by atomic mass is 32.2. The van der Waals surface area contributed by atoms with Crippen LogP contribution in [0.1, 0.15) is 43.2 Å². The molecule has 2 aliphatic heterocycles. The molecule has 2 unspecified atom stereocenters. The summed E-state index contributed by atoms with van der Waals surface area (Å²) in [6.45, 7) is 8.63.